The van der Waals surface area contributed by atoms with Crippen LogP contribution in [0.2, 0.25) is 0 Å². The van der Waals surface area contributed by atoms with Crippen molar-refractivity contribution in [2.75, 3.05) is 7.11 Å². The van der Waals surface area contributed by atoms with E-state index < -0.39 is 12.0 Å². The molecule has 3 aromatic heterocycles. The predicted molar refractivity (Wildman–Crippen MR) is 109 cm³/mol. The Labute approximate surface area is 167 Å². The molecule has 27 heavy (non-hydrogen) atoms. The molecule has 0 N–H and O–H groups in total. The molecule has 8 heteroatoms. The van der Waals surface area contributed by atoms with Crippen LogP contribution in [-0.4, -0.2) is 17.6 Å². The number of nitrogens with zero attached hydrogens (tertiary/aromatic N) is 2. The fourth-order valence-electron chi connectivity index (χ4n) is 3.06. The molecule has 138 valence electrons. The van der Waals surface area contributed by atoms with Gasteiger partial charge < -0.3 is 4.74 Å². The van der Waals surface area contributed by atoms with Crippen LogP contribution in [-0.2, 0) is 9.53 Å². The van der Waals surface area contributed by atoms with Gasteiger partial charge in [0.25, 0.3) is 5.56 Å². The molecule has 1 atom stereocenters. The lowest BCUT2D eigenvalue weighted by Gasteiger charge is -2.22. The number of fused-ring (bicyclic) bond motifs is 1. The average molecular weight is 417 g/mol. The third kappa shape index (κ3) is 3.03. The van der Waals surface area contributed by atoms with Crippen molar-refractivity contribution in [3.8, 4) is 0 Å². The van der Waals surface area contributed by atoms with Gasteiger partial charge >= 0.3 is 5.97 Å². The summed E-state index contributed by atoms with van der Waals surface area (Å²) in [7, 11) is 1.35. The minimum absolute atomic E-state index is 0.140. The lowest BCUT2D eigenvalue weighted by atomic mass is 10.0. The van der Waals surface area contributed by atoms with Crippen LogP contribution < -0.4 is 14.9 Å². The zero-order valence-corrected chi connectivity index (χ0v) is 17.3. The van der Waals surface area contributed by atoms with E-state index in [-0.39, 0.29) is 5.56 Å². The van der Waals surface area contributed by atoms with E-state index in [9.17, 15) is 9.59 Å². The molecule has 0 aliphatic carbocycles. The number of aromatic nitrogens is 1. The highest BCUT2D eigenvalue weighted by Crippen LogP contribution is 2.32. The van der Waals surface area contributed by atoms with E-state index in [0.29, 0.717) is 20.6 Å². The van der Waals surface area contributed by atoms with Gasteiger partial charge in [0, 0.05) is 9.75 Å². The summed E-state index contributed by atoms with van der Waals surface area (Å²) in [5, 5.41) is 3.94. The van der Waals surface area contributed by atoms with Crippen molar-refractivity contribution in [3.63, 3.8) is 0 Å². The zero-order valence-electron chi connectivity index (χ0n) is 14.9. The van der Waals surface area contributed by atoms with Crippen LogP contribution in [0.4, 0.5) is 0 Å². The van der Waals surface area contributed by atoms with Crippen molar-refractivity contribution in [2.24, 2.45) is 4.99 Å². The Morgan fingerprint density at radius 3 is 2.70 bits per heavy atom. The molecule has 0 amide bonds. The summed E-state index contributed by atoms with van der Waals surface area (Å²) in [6.45, 7) is 3.81. The largest absolute Gasteiger partial charge is 0.466 e. The molecule has 1 aliphatic rings. The highest BCUT2D eigenvalue weighted by molar-refractivity contribution is 7.11. The first kappa shape index (κ1) is 18.1. The van der Waals surface area contributed by atoms with Crippen LogP contribution in [0.25, 0.3) is 6.08 Å². The van der Waals surface area contributed by atoms with Crippen LogP contribution >= 0.6 is 34.0 Å². The summed E-state index contributed by atoms with van der Waals surface area (Å²) in [4.78, 5) is 32.8. The molecule has 1 aliphatic heterocycles. The van der Waals surface area contributed by atoms with Gasteiger partial charge in [0.2, 0.25) is 0 Å². The van der Waals surface area contributed by atoms with E-state index in [1.165, 1.54) is 29.8 Å². The highest BCUT2D eigenvalue weighted by atomic mass is 32.1. The summed E-state index contributed by atoms with van der Waals surface area (Å²) in [6.07, 6.45) is 1.91. The topological polar surface area (TPSA) is 60.7 Å². The first-order chi connectivity index (χ1) is 13.0. The molecule has 0 saturated heterocycles. The van der Waals surface area contributed by atoms with E-state index in [0.717, 1.165) is 15.3 Å². The van der Waals surface area contributed by atoms with Crippen LogP contribution in [0.15, 0.2) is 50.0 Å². The molecule has 0 spiro atoms. The van der Waals surface area contributed by atoms with Crippen LogP contribution in [0.5, 0.6) is 0 Å². The highest BCUT2D eigenvalue weighted by Gasteiger charge is 2.33. The standard InChI is InChI=1S/C19H16N2O3S3/c1-10-6-8-26-13(10)9-14-17(22)21-16(12-5-4-7-25-12)15(18(23)24-3)11(2)20-19(21)27-14/h4-9,16H,1-3H3/b14-9-/t16-/m1/s1. The molecule has 0 aromatic carbocycles. The van der Waals surface area contributed by atoms with E-state index in [1.54, 1.807) is 22.8 Å². The second-order valence-electron chi connectivity index (χ2n) is 6.06. The van der Waals surface area contributed by atoms with Crippen molar-refractivity contribution in [3.05, 3.63) is 75.2 Å². The van der Waals surface area contributed by atoms with Gasteiger partial charge in [-0.3, -0.25) is 9.36 Å². The van der Waals surface area contributed by atoms with Crippen molar-refractivity contribution >= 4 is 46.1 Å². The number of ether oxygens (including phenoxy) is 1. The minimum atomic E-state index is -0.514. The van der Waals surface area contributed by atoms with Crippen molar-refractivity contribution < 1.29 is 9.53 Å². The Kier molecular flexibility index (Phi) is 4.71. The van der Waals surface area contributed by atoms with E-state index in [1.807, 2.05) is 42.0 Å². The molecule has 4 rings (SSSR count). The molecular weight excluding hydrogens is 400 g/mol. The van der Waals surface area contributed by atoms with Gasteiger partial charge in [-0.1, -0.05) is 17.4 Å². The molecule has 0 saturated carbocycles. The average Bonchev–Trinajstić information content (AvgIpc) is 3.37. The molecule has 0 unspecified atom stereocenters. The summed E-state index contributed by atoms with van der Waals surface area (Å²) in [6, 6.07) is 5.36. The number of carbonyl (C=O) groups is 1. The number of thiophene rings is 2. The van der Waals surface area contributed by atoms with Gasteiger partial charge in [0.05, 0.1) is 22.9 Å². The SMILES string of the molecule is COC(=O)C1=C(C)N=c2s/c(=C\c3sccc3C)c(=O)n2[C@@H]1c1cccs1. The second-order valence-corrected chi connectivity index (χ2v) is 8.99. The molecule has 4 heterocycles. The number of rotatable bonds is 3. The third-order valence-electron chi connectivity index (χ3n) is 4.40. The van der Waals surface area contributed by atoms with Gasteiger partial charge in [0.1, 0.15) is 6.04 Å². The lowest BCUT2D eigenvalue weighted by molar-refractivity contribution is -0.136. The molecule has 5 nitrogen and oxygen atoms in total. The van der Waals surface area contributed by atoms with Crippen molar-refractivity contribution in [2.45, 2.75) is 19.9 Å². The normalized spacial score (nSPS) is 17.0. The second kappa shape index (κ2) is 7.03. The number of allylic oxidation sites excluding steroid dienone is 1. The smallest absolute Gasteiger partial charge is 0.338 e. The Morgan fingerprint density at radius 1 is 1.26 bits per heavy atom. The van der Waals surface area contributed by atoms with Crippen LogP contribution in [0, 0.1) is 6.92 Å². The van der Waals surface area contributed by atoms with Crippen molar-refractivity contribution in [1.29, 1.82) is 0 Å². The molecule has 0 bridgehead atoms. The lowest BCUT2D eigenvalue weighted by Crippen LogP contribution is -2.39. The number of carbonyl (C=O) groups excluding carboxylic acids is 1. The number of esters is 1. The van der Waals surface area contributed by atoms with Crippen LogP contribution in [0.1, 0.15) is 28.3 Å². The molecule has 0 fully saturated rings. The number of methoxy groups -OCH3 is 1. The summed E-state index contributed by atoms with van der Waals surface area (Å²) in [5.74, 6) is -0.460. The Bertz CT molecular complexity index is 1230. The maximum absolute atomic E-state index is 13.2. The van der Waals surface area contributed by atoms with Crippen LogP contribution in [0.3, 0.4) is 0 Å². The summed E-state index contributed by atoms with van der Waals surface area (Å²) < 4.78 is 7.21. The van der Waals surface area contributed by atoms with Gasteiger partial charge in [-0.05, 0) is 48.4 Å². The molecular formula is C19H16N2O3S3. The zero-order chi connectivity index (χ0) is 19.1. The first-order valence-corrected chi connectivity index (χ1v) is 10.8. The fraction of sp³-hybridized carbons (Fsp3) is 0.211. The number of hydrogen-bond acceptors (Lipinski definition) is 7. The Morgan fingerprint density at radius 2 is 2.07 bits per heavy atom. The van der Waals surface area contributed by atoms with Gasteiger partial charge in [-0.15, -0.1) is 22.7 Å². The monoisotopic (exact) mass is 416 g/mol. The fourth-order valence-corrected chi connectivity index (χ4v) is 5.85. The van der Waals surface area contributed by atoms with Gasteiger partial charge in [-0.2, -0.15) is 0 Å². The molecule has 0 radical (unpaired) electrons. The van der Waals surface area contributed by atoms with E-state index >= 15 is 0 Å². The number of aryl methyl sites for hydroxylation is 1. The summed E-state index contributed by atoms with van der Waals surface area (Å²) >= 11 is 4.45. The predicted octanol–water partition coefficient (Wildman–Crippen LogP) is 2.84. The third-order valence-corrected chi connectivity index (χ3v) is 7.28. The van der Waals surface area contributed by atoms with E-state index in [4.69, 9.17) is 4.74 Å². The minimum Gasteiger partial charge on any atom is -0.466 e. The van der Waals surface area contributed by atoms with Crippen molar-refractivity contribution in [1.82, 2.24) is 4.57 Å². The maximum atomic E-state index is 13.2. The Hall–Kier alpha value is -2.29. The van der Waals surface area contributed by atoms with Gasteiger partial charge in [0.15, 0.2) is 4.80 Å². The van der Waals surface area contributed by atoms with Gasteiger partial charge in [-0.25, -0.2) is 9.79 Å². The number of hydrogen-bond donors (Lipinski definition) is 0. The van der Waals surface area contributed by atoms with E-state index in [2.05, 4.69) is 4.99 Å². The first-order valence-electron chi connectivity index (χ1n) is 8.19. The molecule has 3 aromatic rings. The quantitative estimate of drug-likeness (QED) is 0.617. The Balaban J connectivity index is 2.00. The summed E-state index contributed by atoms with van der Waals surface area (Å²) in [5.41, 5.74) is 1.98. The number of thiazole rings is 1. The maximum Gasteiger partial charge on any atom is 0.338 e.